The minimum absolute atomic E-state index is 0.0636. The molecule has 1 N–H and O–H groups in total. The van der Waals surface area contributed by atoms with Crippen LogP contribution in [0.5, 0.6) is 0 Å². The second kappa shape index (κ2) is 17.4. The van der Waals surface area contributed by atoms with E-state index < -0.39 is 0 Å². The lowest BCUT2D eigenvalue weighted by Gasteiger charge is -2.31. The van der Waals surface area contributed by atoms with Crippen molar-refractivity contribution in [1.82, 2.24) is 5.32 Å². The maximum Gasteiger partial charge on any atom is 0.145 e. The van der Waals surface area contributed by atoms with Crippen LogP contribution in [-0.4, -0.2) is 12.0 Å². The van der Waals surface area contributed by atoms with E-state index in [2.05, 4.69) is 231 Å². The predicted molar refractivity (Wildman–Crippen MR) is 267 cm³/mol. The van der Waals surface area contributed by atoms with Crippen molar-refractivity contribution in [3.8, 4) is 33.4 Å². The highest BCUT2D eigenvalue weighted by Gasteiger charge is 2.40. The van der Waals surface area contributed by atoms with E-state index in [1.165, 1.54) is 72.7 Å². The number of anilines is 2. The van der Waals surface area contributed by atoms with E-state index in [4.69, 9.17) is 4.99 Å². The normalized spacial score (nSPS) is 17.4. The van der Waals surface area contributed by atoms with E-state index in [1.807, 2.05) is 13.8 Å². The first-order valence-electron chi connectivity index (χ1n) is 21.9. The van der Waals surface area contributed by atoms with Crippen molar-refractivity contribution < 1.29 is 0 Å². The molecule has 0 amide bonds. The van der Waals surface area contributed by atoms with Crippen molar-refractivity contribution >= 4 is 29.7 Å². The van der Waals surface area contributed by atoms with Crippen molar-refractivity contribution in [1.29, 1.82) is 0 Å². The van der Waals surface area contributed by atoms with Crippen LogP contribution in [0.1, 0.15) is 74.0 Å². The molecule has 0 fully saturated rings. The number of hydrogen-bond donors (Lipinski definition) is 2. The van der Waals surface area contributed by atoms with E-state index in [9.17, 15) is 0 Å². The van der Waals surface area contributed by atoms with Crippen LogP contribution in [-0.2, 0) is 5.41 Å². The molecule has 2 heterocycles. The molecule has 306 valence electrons. The zero-order valence-corrected chi connectivity index (χ0v) is 37.1. The molecule has 3 nitrogen and oxygen atoms in total. The summed E-state index contributed by atoms with van der Waals surface area (Å²) in [4.78, 5) is 7.74. The molecule has 0 saturated carbocycles. The van der Waals surface area contributed by atoms with Gasteiger partial charge in [0.05, 0.1) is 5.71 Å². The Hall–Kier alpha value is -6.62. The van der Waals surface area contributed by atoms with Gasteiger partial charge in [-0.15, -0.1) is 0 Å². The van der Waals surface area contributed by atoms with Crippen LogP contribution in [0.15, 0.2) is 216 Å². The lowest BCUT2D eigenvalue weighted by Crippen LogP contribution is -2.29. The zero-order valence-electron chi connectivity index (χ0n) is 36.2. The average Bonchev–Trinajstić information content (AvgIpc) is 3.81. The fourth-order valence-corrected chi connectivity index (χ4v) is 9.87. The van der Waals surface area contributed by atoms with Crippen molar-refractivity contribution in [2.45, 2.75) is 51.6 Å². The molecule has 0 spiro atoms. The van der Waals surface area contributed by atoms with Gasteiger partial charge in [-0.3, -0.25) is 4.99 Å². The number of nitrogens with zero attached hydrogens (tertiary/aromatic N) is 2. The summed E-state index contributed by atoms with van der Waals surface area (Å²) in [5.41, 5.74) is 21.1. The lowest BCUT2D eigenvalue weighted by molar-refractivity contribution is 0.622. The van der Waals surface area contributed by atoms with Gasteiger partial charge < -0.3 is 10.2 Å². The number of nitrogens with one attached hydrogen (secondary N) is 1. The molecule has 2 atom stereocenters. The molecule has 2 unspecified atom stereocenters. The van der Waals surface area contributed by atoms with Gasteiger partial charge in [0.25, 0.3) is 0 Å². The summed E-state index contributed by atoms with van der Waals surface area (Å²) in [5.74, 6) is 0.196. The van der Waals surface area contributed by atoms with Crippen LogP contribution in [0.3, 0.4) is 0 Å². The number of fused-ring (bicyclic) bond motifs is 6. The molecule has 0 aromatic heterocycles. The number of aliphatic imine (C=N–C) groups is 1. The van der Waals surface area contributed by atoms with Crippen molar-refractivity contribution in [2.24, 2.45) is 4.99 Å². The molecule has 2 aliphatic heterocycles. The van der Waals surface area contributed by atoms with Crippen molar-refractivity contribution in [3.63, 3.8) is 0 Å². The second-order valence-corrected chi connectivity index (χ2v) is 16.3. The molecule has 0 saturated heterocycles. The van der Waals surface area contributed by atoms with Gasteiger partial charge in [-0.2, -0.15) is 12.6 Å². The first kappa shape index (κ1) is 40.8. The average molecular weight is 824 g/mol. The minimum Gasteiger partial charge on any atom is -0.359 e. The molecule has 11 rings (SSSR count). The summed E-state index contributed by atoms with van der Waals surface area (Å²) >= 11 is 3.53. The maximum absolute atomic E-state index is 5.24. The molecular weight excluding hydrogens is 771 g/mol. The van der Waals surface area contributed by atoms with E-state index in [1.54, 1.807) is 6.26 Å². The smallest absolute Gasteiger partial charge is 0.145 e. The predicted octanol–water partition coefficient (Wildman–Crippen LogP) is 15.0. The number of para-hydroxylation sites is 1. The molecule has 4 heteroatoms. The van der Waals surface area contributed by atoms with E-state index in [-0.39, 0.29) is 17.5 Å². The quantitative estimate of drug-likeness (QED) is 0.164. The Labute approximate surface area is 373 Å². The zero-order chi connectivity index (χ0) is 42.8. The SMILES string of the molecule is CC.CC1(C)c2ccccc2-c2cccc(-c3ccc(-c4ccc5c(c4)C4CC=CC(C6=CC(c7ccccc7)=NC(c7ccccc7)N6)=C4N5c4ccccc4)cc3)c21.CS. The maximum atomic E-state index is 5.24. The summed E-state index contributed by atoms with van der Waals surface area (Å²) in [7, 11) is 0. The van der Waals surface area contributed by atoms with Crippen LogP contribution < -0.4 is 10.2 Å². The fraction of sp³-hybridized carbons (Fsp3) is 0.155. The summed E-state index contributed by atoms with van der Waals surface area (Å²) in [6.45, 7) is 8.73. The Kier molecular flexibility index (Phi) is 11.4. The third kappa shape index (κ3) is 7.12. The topological polar surface area (TPSA) is 27.6 Å². The lowest BCUT2D eigenvalue weighted by atomic mass is 9.79. The molecule has 62 heavy (non-hydrogen) atoms. The van der Waals surface area contributed by atoms with E-state index >= 15 is 0 Å². The van der Waals surface area contributed by atoms with E-state index in [0.717, 1.165) is 29.0 Å². The summed E-state index contributed by atoms with van der Waals surface area (Å²) in [6, 6.07) is 64.0. The number of hydrogen-bond acceptors (Lipinski definition) is 4. The van der Waals surface area contributed by atoms with Gasteiger partial charge in [0.1, 0.15) is 6.17 Å². The Bertz CT molecular complexity index is 2850. The Balaban J connectivity index is 0.00000119. The first-order chi connectivity index (χ1) is 30.5. The molecule has 4 aliphatic rings. The van der Waals surface area contributed by atoms with Crippen LogP contribution in [0.25, 0.3) is 33.4 Å². The minimum atomic E-state index is -0.208. The number of thiol groups is 1. The summed E-state index contributed by atoms with van der Waals surface area (Å²) in [5, 5.41) is 3.87. The van der Waals surface area contributed by atoms with Gasteiger partial charge in [-0.05, 0) is 104 Å². The Morgan fingerprint density at radius 2 is 1.23 bits per heavy atom. The molecule has 7 aromatic carbocycles. The van der Waals surface area contributed by atoms with Crippen molar-refractivity contribution in [3.05, 3.63) is 239 Å². The standard InChI is InChI=1S/C55H43N3.C2H6.CH4S/c1-55(2)48-27-13-12-22-43(48)44-24-14-23-42(52(44)55)37-30-28-36(29-31-37)40-32-33-51-47(34-40)45-25-15-26-46(53(45)58(51)41-20-10-5-11-21-41)50-35-49(38-16-6-3-7-17-38)56-54(57-50)39-18-8-4-9-19-39;2*1-2/h3-24,26-35,45,54,57H,25H2,1-2H3;1-2H3;2H,1H3. The molecular formula is C58H53N3S. The van der Waals surface area contributed by atoms with Crippen LogP contribution in [0, 0.1) is 0 Å². The Morgan fingerprint density at radius 1 is 0.613 bits per heavy atom. The fourth-order valence-electron chi connectivity index (χ4n) is 9.87. The van der Waals surface area contributed by atoms with Gasteiger partial charge in [-0.25, -0.2) is 0 Å². The van der Waals surface area contributed by atoms with E-state index in [0.29, 0.717) is 0 Å². The highest BCUT2D eigenvalue weighted by atomic mass is 32.1. The van der Waals surface area contributed by atoms with Gasteiger partial charge in [0.2, 0.25) is 0 Å². The first-order valence-corrected chi connectivity index (χ1v) is 22.8. The largest absolute Gasteiger partial charge is 0.359 e. The highest BCUT2D eigenvalue weighted by molar-refractivity contribution is 7.79. The van der Waals surface area contributed by atoms with Gasteiger partial charge >= 0.3 is 0 Å². The summed E-state index contributed by atoms with van der Waals surface area (Å²) < 4.78 is 0. The third-order valence-electron chi connectivity index (χ3n) is 12.6. The third-order valence-corrected chi connectivity index (χ3v) is 12.6. The highest BCUT2D eigenvalue weighted by Crippen LogP contribution is 2.55. The molecule has 0 bridgehead atoms. The molecule has 0 radical (unpaired) electrons. The van der Waals surface area contributed by atoms with Crippen LogP contribution in [0.2, 0.25) is 0 Å². The monoisotopic (exact) mass is 823 g/mol. The number of rotatable bonds is 6. The van der Waals surface area contributed by atoms with Gasteiger partial charge in [0, 0.05) is 39.7 Å². The van der Waals surface area contributed by atoms with Gasteiger partial charge in [0.15, 0.2) is 0 Å². The summed E-state index contributed by atoms with van der Waals surface area (Å²) in [6.07, 6.45) is 9.34. The number of benzene rings is 7. The second-order valence-electron chi connectivity index (χ2n) is 16.3. The molecule has 2 aliphatic carbocycles. The molecule has 7 aromatic rings. The Morgan fingerprint density at radius 3 is 1.97 bits per heavy atom. The van der Waals surface area contributed by atoms with Crippen LogP contribution >= 0.6 is 12.6 Å². The van der Waals surface area contributed by atoms with Gasteiger partial charge in [-0.1, -0.05) is 192 Å². The van der Waals surface area contributed by atoms with Crippen LogP contribution in [0.4, 0.5) is 11.4 Å². The van der Waals surface area contributed by atoms with Crippen molar-refractivity contribution in [2.75, 3.05) is 11.2 Å². The number of allylic oxidation sites excluding steroid dienone is 4.